The Bertz CT molecular complexity index is 1620. The fourth-order valence-electron chi connectivity index (χ4n) is 6.04. The molecular formula is C27H26F2N8O. The molecule has 7 heterocycles. The molecule has 11 heteroatoms. The van der Waals surface area contributed by atoms with Gasteiger partial charge in [0.05, 0.1) is 41.1 Å². The molecule has 0 radical (unpaired) electrons. The second-order valence-electron chi connectivity index (χ2n) is 10.4. The van der Waals surface area contributed by atoms with Crippen LogP contribution in [-0.4, -0.2) is 62.4 Å². The topological polar surface area (TPSA) is 91.2 Å². The van der Waals surface area contributed by atoms with E-state index in [9.17, 15) is 13.6 Å². The molecular weight excluding hydrogens is 490 g/mol. The Morgan fingerprint density at radius 3 is 2.89 bits per heavy atom. The lowest BCUT2D eigenvalue weighted by Gasteiger charge is -2.25. The zero-order chi connectivity index (χ0) is 26.2. The van der Waals surface area contributed by atoms with Crippen LogP contribution in [0, 0.1) is 0 Å². The Balaban J connectivity index is 1.26. The van der Waals surface area contributed by atoms with Crippen LogP contribution >= 0.6 is 0 Å². The van der Waals surface area contributed by atoms with Crippen LogP contribution in [0.3, 0.4) is 0 Å². The third-order valence-corrected chi connectivity index (χ3v) is 7.70. The molecule has 0 bridgehead atoms. The summed E-state index contributed by atoms with van der Waals surface area (Å²) in [5, 5.41) is 7.17. The van der Waals surface area contributed by atoms with Crippen molar-refractivity contribution in [2.75, 3.05) is 30.4 Å². The average Bonchev–Trinajstić information content (AvgIpc) is 3.52. The molecule has 194 valence electrons. The number of hydrogen-bond donors (Lipinski definition) is 2. The van der Waals surface area contributed by atoms with E-state index in [2.05, 4.69) is 15.6 Å². The second-order valence-corrected chi connectivity index (χ2v) is 10.4. The van der Waals surface area contributed by atoms with Crippen molar-refractivity contribution < 1.29 is 13.6 Å². The number of nitrogens with one attached hydrogen (secondary N) is 2. The van der Waals surface area contributed by atoms with Crippen LogP contribution in [0.5, 0.6) is 0 Å². The quantitative estimate of drug-likeness (QED) is 0.429. The molecule has 3 aliphatic rings. The molecule has 9 nitrogen and oxygen atoms in total. The molecule has 38 heavy (non-hydrogen) atoms. The van der Waals surface area contributed by atoms with E-state index < -0.39 is 5.92 Å². The van der Waals surface area contributed by atoms with E-state index in [1.807, 2.05) is 48.0 Å². The van der Waals surface area contributed by atoms with Crippen molar-refractivity contribution in [3.63, 3.8) is 0 Å². The highest BCUT2D eigenvalue weighted by Gasteiger charge is 2.47. The minimum atomic E-state index is -2.71. The largest absolute Gasteiger partial charge is 0.359 e. The van der Waals surface area contributed by atoms with E-state index in [4.69, 9.17) is 9.97 Å². The number of rotatable bonds is 3. The van der Waals surface area contributed by atoms with Gasteiger partial charge in [-0.05, 0) is 31.3 Å². The first-order valence-electron chi connectivity index (χ1n) is 12.6. The first-order valence-corrected chi connectivity index (χ1v) is 12.6. The molecule has 1 unspecified atom stereocenters. The number of halogens is 2. The number of hydrogen-bond acceptors (Lipinski definition) is 7. The summed E-state index contributed by atoms with van der Waals surface area (Å²) >= 11 is 0. The maximum atomic E-state index is 14.2. The summed E-state index contributed by atoms with van der Waals surface area (Å²) in [5.41, 5.74) is 5.86. The lowest BCUT2D eigenvalue weighted by atomic mass is 10.0. The van der Waals surface area contributed by atoms with Gasteiger partial charge in [-0.2, -0.15) is 0 Å². The number of pyridine rings is 3. The van der Waals surface area contributed by atoms with Crippen LogP contribution < -0.4 is 15.5 Å². The highest BCUT2D eigenvalue weighted by molar-refractivity contribution is 6.06. The van der Waals surface area contributed by atoms with Crippen molar-refractivity contribution in [1.29, 1.82) is 0 Å². The van der Waals surface area contributed by atoms with Gasteiger partial charge >= 0.3 is 0 Å². The van der Waals surface area contributed by atoms with Crippen LogP contribution in [0.25, 0.3) is 22.3 Å². The third kappa shape index (κ3) is 3.60. The molecule has 1 amide bonds. The van der Waals surface area contributed by atoms with Gasteiger partial charge in [0.25, 0.3) is 11.8 Å². The number of fused-ring (bicyclic) bond motifs is 5. The highest BCUT2D eigenvalue weighted by Crippen LogP contribution is 2.40. The summed E-state index contributed by atoms with van der Waals surface area (Å²) in [7, 11) is 3.87. The first kappa shape index (κ1) is 23.0. The van der Waals surface area contributed by atoms with Crippen molar-refractivity contribution in [1.82, 2.24) is 29.7 Å². The monoisotopic (exact) mass is 516 g/mol. The summed E-state index contributed by atoms with van der Waals surface area (Å²) in [6, 6.07) is 7.30. The maximum Gasteiger partial charge on any atom is 0.267 e. The maximum absolute atomic E-state index is 14.2. The Morgan fingerprint density at radius 1 is 1.16 bits per heavy atom. The molecule has 1 fully saturated rings. The first-order chi connectivity index (χ1) is 18.3. The molecule has 1 saturated heterocycles. The Labute approximate surface area is 217 Å². The summed E-state index contributed by atoms with van der Waals surface area (Å²) in [6.07, 6.45) is 5.21. The van der Waals surface area contributed by atoms with Gasteiger partial charge in [0, 0.05) is 68.1 Å². The molecule has 2 N–H and O–H groups in total. The SMILES string of the molecule is CN1Cc2nc(Nc3cnc(-c4ccnc5c4ccn5C)c4c3C(=O)NC4)ccc2N2CC(F)(F)CC2C1. The van der Waals surface area contributed by atoms with Crippen molar-refractivity contribution in [2.45, 2.75) is 31.5 Å². The van der Waals surface area contributed by atoms with E-state index in [1.54, 1.807) is 23.4 Å². The second kappa shape index (κ2) is 8.19. The van der Waals surface area contributed by atoms with E-state index in [1.165, 1.54) is 0 Å². The minimum Gasteiger partial charge on any atom is -0.359 e. The summed E-state index contributed by atoms with van der Waals surface area (Å²) in [5.74, 6) is -2.35. The predicted molar refractivity (Wildman–Crippen MR) is 140 cm³/mol. The van der Waals surface area contributed by atoms with Crippen molar-refractivity contribution >= 4 is 34.1 Å². The lowest BCUT2D eigenvalue weighted by molar-refractivity contribution is 0.0210. The Kier molecular flexibility index (Phi) is 4.96. The van der Waals surface area contributed by atoms with Gasteiger partial charge in [-0.3, -0.25) is 14.7 Å². The summed E-state index contributed by atoms with van der Waals surface area (Å²) < 4.78 is 30.4. The zero-order valence-electron chi connectivity index (χ0n) is 21.0. The van der Waals surface area contributed by atoms with Crippen LogP contribution in [0.2, 0.25) is 0 Å². The lowest BCUT2D eigenvalue weighted by Crippen LogP contribution is -2.35. The highest BCUT2D eigenvalue weighted by atomic mass is 19.3. The van der Waals surface area contributed by atoms with Gasteiger partial charge in [0.15, 0.2) is 0 Å². The van der Waals surface area contributed by atoms with Crippen LogP contribution in [0.1, 0.15) is 28.0 Å². The number of aryl methyl sites for hydroxylation is 1. The Hall–Kier alpha value is -4.12. The van der Waals surface area contributed by atoms with Crippen LogP contribution in [0.4, 0.5) is 26.0 Å². The van der Waals surface area contributed by atoms with Gasteiger partial charge in [0.1, 0.15) is 11.5 Å². The molecule has 0 aromatic carbocycles. The molecule has 3 aliphatic heterocycles. The number of aromatic nitrogens is 4. The van der Waals surface area contributed by atoms with Gasteiger partial charge in [-0.1, -0.05) is 0 Å². The van der Waals surface area contributed by atoms with Gasteiger partial charge in [-0.25, -0.2) is 18.7 Å². The van der Waals surface area contributed by atoms with E-state index in [-0.39, 0.29) is 24.9 Å². The number of carbonyl (C=O) groups is 1. The number of carbonyl (C=O) groups excluding carboxylic acids is 1. The molecule has 1 atom stereocenters. The summed E-state index contributed by atoms with van der Waals surface area (Å²) in [6.45, 7) is 1.18. The van der Waals surface area contributed by atoms with E-state index in [0.29, 0.717) is 36.7 Å². The van der Waals surface area contributed by atoms with Crippen LogP contribution in [0.15, 0.2) is 42.9 Å². The average molecular weight is 517 g/mol. The number of nitrogens with zero attached hydrogens (tertiary/aromatic N) is 6. The third-order valence-electron chi connectivity index (χ3n) is 7.70. The molecule has 4 aromatic heterocycles. The van der Waals surface area contributed by atoms with Gasteiger partial charge < -0.3 is 20.1 Å². The smallest absolute Gasteiger partial charge is 0.267 e. The molecule has 0 saturated carbocycles. The standard InChI is InChI=1S/C27H26F2N8O/c1-35-12-15-9-27(28,29)14-37(15)21-3-4-22(34-20(21)13-35)33-19-11-31-24(18-10-32-26(38)23(18)19)16-5-7-30-25-17(16)6-8-36(25)2/h3-8,11,15H,9-10,12-14H2,1-2H3,(H,32,38)(H,33,34). The van der Waals surface area contributed by atoms with E-state index in [0.717, 1.165) is 39.2 Å². The minimum absolute atomic E-state index is 0.150. The summed E-state index contributed by atoms with van der Waals surface area (Å²) in [4.78, 5) is 30.8. The number of likely N-dealkylation sites (N-methyl/N-ethyl adjacent to an activating group) is 1. The fourth-order valence-corrected chi connectivity index (χ4v) is 6.04. The Morgan fingerprint density at radius 2 is 2.03 bits per heavy atom. The normalized spacial score (nSPS) is 20.2. The van der Waals surface area contributed by atoms with E-state index >= 15 is 0 Å². The molecule has 0 spiro atoms. The number of amides is 1. The van der Waals surface area contributed by atoms with Gasteiger partial charge in [-0.15, -0.1) is 0 Å². The van der Waals surface area contributed by atoms with Crippen molar-refractivity contribution in [2.24, 2.45) is 7.05 Å². The molecule has 7 rings (SSSR count). The van der Waals surface area contributed by atoms with Crippen molar-refractivity contribution in [3.05, 3.63) is 59.7 Å². The van der Waals surface area contributed by atoms with Gasteiger partial charge in [0.2, 0.25) is 0 Å². The number of anilines is 3. The number of alkyl halides is 2. The van der Waals surface area contributed by atoms with Crippen molar-refractivity contribution in [3.8, 4) is 11.3 Å². The zero-order valence-corrected chi connectivity index (χ0v) is 21.0. The molecule has 0 aliphatic carbocycles. The molecule has 4 aromatic rings. The predicted octanol–water partition coefficient (Wildman–Crippen LogP) is 3.68. The fraction of sp³-hybridized carbons (Fsp3) is 0.333. The van der Waals surface area contributed by atoms with Crippen LogP contribution in [-0.2, 0) is 20.1 Å².